The van der Waals surface area contributed by atoms with Gasteiger partial charge < -0.3 is 9.47 Å². The van der Waals surface area contributed by atoms with Crippen LogP contribution in [-0.4, -0.2) is 39.4 Å². The monoisotopic (exact) mass is 384 g/mol. The van der Waals surface area contributed by atoms with Gasteiger partial charge in [0.25, 0.3) is 0 Å². The number of fused-ring (bicyclic) bond motifs is 2. The number of ether oxygens (including phenoxy) is 2. The molecule has 3 heterocycles. The average molecular weight is 385 g/mol. The molecule has 2 aromatic rings. The topological polar surface area (TPSA) is 72.9 Å². The zero-order chi connectivity index (χ0) is 19.0. The number of nitrogens with one attached hydrogen (secondary N) is 1. The first-order valence-corrected chi connectivity index (χ1v) is 11.0. The number of unbranched alkanes of at least 4 members (excludes halogenated alkanes) is 5. The van der Waals surface area contributed by atoms with Gasteiger partial charge in [-0.2, -0.15) is 5.21 Å². The van der Waals surface area contributed by atoms with E-state index >= 15 is 0 Å². The lowest BCUT2D eigenvalue weighted by molar-refractivity contribution is 0.0806. The first-order valence-electron chi connectivity index (χ1n) is 11.0. The van der Waals surface area contributed by atoms with Crippen molar-refractivity contribution in [3.05, 3.63) is 36.2 Å². The molecule has 0 spiro atoms. The van der Waals surface area contributed by atoms with Crippen molar-refractivity contribution in [3.63, 3.8) is 0 Å². The number of nitrogens with zero attached hydrogens (tertiary/aromatic N) is 3. The number of aryl methyl sites for hydroxylation is 1. The van der Waals surface area contributed by atoms with Crippen molar-refractivity contribution in [2.45, 2.75) is 76.4 Å². The number of para-hydroxylation sites is 1. The van der Waals surface area contributed by atoms with Gasteiger partial charge >= 0.3 is 0 Å². The van der Waals surface area contributed by atoms with Crippen LogP contribution in [0.5, 0.6) is 5.75 Å². The maximum absolute atomic E-state index is 6.23. The van der Waals surface area contributed by atoms with Gasteiger partial charge in [0.05, 0.1) is 18.8 Å². The van der Waals surface area contributed by atoms with Crippen molar-refractivity contribution in [3.8, 4) is 5.75 Å². The molecular weight excluding hydrogens is 352 g/mol. The summed E-state index contributed by atoms with van der Waals surface area (Å²) < 4.78 is 12.3. The number of aromatic nitrogens is 4. The maximum Gasteiger partial charge on any atom is 0.174 e. The molecule has 0 aliphatic carbocycles. The van der Waals surface area contributed by atoms with Crippen molar-refractivity contribution >= 4 is 0 Å². The predicted molar refractivity (Wildman–Crippen MR) is 107 cm³/mol. The summed E-state index contributed by atoms with van der Waals surface area (Å²) in [5.41, 5.74) is 0. The Morgan fingerprint density at radius 1 is 0.929 bits per heavy atom. The Kier molecular flexibility index (Phi) is 6.92. The minimum absolute atomic E-state index is 0.420. The molecule has 4 atom stereocenters. The fourth-order valence-corrected chi connectivity index (χ4v) is 4.87. The quantitative estimate of drug-likeness (QED) is 0.551. The fraction of sp³-hybridized carbons (Fsp3) is 0.682. The molecule has 6 heteroatoms. The van der Waals surface area contributed by atoms with Gasteiger partial charge in [-0.1, -0.05) is 55.5 Å². The van der Waals surface area contributed by atoms with Crippen LogP contribution in [0.15, 0.2) is 30.3 Å². The molecular formula is C22H32N4O2. The van der Waals surface area contributed by atoms with E-state index in [4.69, 9.17) is 9.47 Å². The molecule has 28 heavy (non-hydrogen) atoms. The minimum Gasteiger partial charge on any atom is -0.493 e. The number of H-pyrrole nitrogens is 1. The summed E-state index contributed by atoms with van der Waals surface area (Å²) in [6.07, 6.45) is 13.2. The van der Waals surface area contributed by atoms with Crippen LogP contribution in [0.25, 0.3) is 0 Å². The first kappa shape index (κ1) is 19.4. The Morgan fingerprint density at radius 3 is 2.46 bits per heavy atom. The second-order valence-corrected chi connectivity index (χ2v) is 8.23. The van der Waals surface area contributed by atoms with Crippen molar-refractivity contribution in [2.24, 2.45) is 11.8 Å². The highest BCUT2D eigenvalue weighted by molar-refractivity contribution is 5.21. The summed E-state index contributed by atoms with van der Waals surface area (Å²) in [5.74, 6) is 3.06. The molecule has 1 aromatic heterocycles. The van der Waals surface area contributed by atoms with E-state index in [0.29, 0.717) is 24.0 Å². The molecule has 2 fully saturated rings. The Bertz CT molecular complexity index is 679. The van der Waals surface area contributed by atoms with E-state index in [9.17, 15) is 0 Å². The molecule has 2 aliphatic rings. The molecule has 2 aliphatic heterocycles. The molecule has 4 rings (SSSR count). The first-order chi connectivity index (χ1) is 13.9. The van der Waals surface area contributed by atoms with Gasteiger partial charge in [-0.3, -0.25) is 0 Å². The van der Waals surface area contributed by atoms with Gasteiger partial charge in [0.1, 0.15) is 5.75 Å². The Balaban J connectivity index is 1.11. The SMILES string of the molecule is c1ccc(OC[C@H]2[C@@H](CCCCCCCCc3nn[nH]n3)[C@H]3CC[C@@H]2O3)cc1. The fourth-order valence-electron chi connectivity index (χ4n) is 4.87. The third-order valence-electron chi connectivity index (χ3n) is 6.35. The third kappa shape index (κ3) is 5.10. The van der Waals surface area contributed by atoms with Crippen LogP contribution in [0, 0.1) is 11.8 Å². The molecule has 0 radical (unpaired) electrons. The van der Waals surface area contributed by atoms with Crippen LogP contribution in [0.2, 0.25) is 0 Å². The van der Waals surface area contributed by atoms with Gasteiger partial charge in [0.15, 0.2) is 5.82 Å². The zero-order valence-electron chi connectivity index (χ0n) is 16.6. The molecule has 0 amide bonds. The van der Waals surface area contributed by atoms with E-state index in [0.717, 1.165) is 31.0 Å². The molecule has 2 saturated heterocycles. The summed E-state index contributed by atoms with van der Waals surface area (Å²) >= 11 is 0. The highest BCUT2D eigenvalue weighted by Gasteiger charge is 2.48. The van der Waals surface area contributed by atoms with Crippen LogP contribution in [0.4, 0.5) is 0 Å². The Labute approximate surface area is 167 Å². The minimum atomic E-state index is 0.420. The van der Waals surface area contributed by atoms with Gasteiger partial charge in [0.2, 0.25) is 0 Å². The highest BCUT2D eigenvalue weighted by atomic mass is 16.5. The van der Waals surface area contributed by atoms with E-state index in [2.05, 4.69) is 20.6 Å². The number of hydrogen-bond acceptors (Lipinski definition) is 5. The highest BCUT2D eigenvalue weighted by Crippen LogP contribution is 2.45. The summed E-state index contributed by atoms with van der Waals surface area (Å²) in [7, 11) is 0. The number of benzene rings is 1. The third-order valence-corrected chi connectivity index (χ3v) is 6.35. The largest absolute Gasteiger partial charge is 0.493 e. The van der Waals surface area contributed by atoms with Crippen LogP contribution < -0.4 is 4.74 Å². The maximum atomic E-state index is 6.23. The molecule has 1 N–H and O–H groups in total. The van der Waals surface area contributed by atoms with Gasteiger partial charge in [0, 0.05) is 12.3 Å². The lowest BCUT2D eigenvalue weighted by Crippen LogP contribution is -2.31. The van der Waals surface area contributed by atoms with Crippen LogP contribution in [-0.2, 0) is 11.2 Å². The van der Waals surface area contributed by atoms with Crippen molar-refractivity contribution in [1.29, 1.82) is 0 Å². The van der Waals surface area contributed by atoms with Gasteiger partial charge in [-0.15, -0.1) is 10.2 Å². The van der Waals surface area contributed by atoms with E-state index in [1.54, 1.807) is 0 Å². The molecule has 6 nitrogen and oxygen atoms in total. The lowest BCUT2D eigenvalue weighted by atomic mass is 9.77. The van der Waals surface area contributed by atoms with Crippen molar-refractivity contribution in [1.82, 2.24) is 20.6 Å². The smallest absolute Gasteiger partial charge is 0.174 e. The average Bonchev–Trinajstić information content (AvgIpc) is 3.47. The van der Waals surface area contributed by atoms with E-state index in [1.807, 2.05) is 30.3 Å². The number of aromatic amines is 1. The van der Waals surface area contributed by atoms with Gasteiger partial charge in [-0.05, 0) is 43.7 Å². The zero-order valence-corrected chi connectivity index (χ0v) is 16.6. The van der Waals surface area contributed by atoms with Crippen LogP contribution in [0.1, 0.15) is 63.6 Å². The second-order valence-electron chi connectivity index (χ2n) is 8.23. The van der Waals surface area contributed by atoms with E-state index in [-0.39, 0.29) is 0 Å². The lowest BCUT2D eigenvalue weighted by Gasteiger charge is -2.28. The summed E-state index contributed by atoms with van der Waals surface area (Å²) in [6.45, 7) is 0.798. The van der Waals surface area contributed by atoms with Crippen LogP contribution in [0.3, 0.4) is 0 Å². The van der Waals surface area contributed by atoms with Crippen molar-refractivity contribution in [2.75, 3.05) is 6.61 Å². The summed E-state index contributed by atoms with van der Waals surface area (Å²) in [6, 6.07) is 10.2. The number of tetrazole rings is 1. The second kappa shape index (κ2) is 10.0. The Morgan fingerprint density at radius 2 is 1.68 bits per heavy atom. The molecule has 0 unspecified atom stereocenters. The summed E-state index contributed by atoms with van der Waals surface area (Å²) in [4.78, 5) is 0. The summed E-state index contributed by atoms with van der Waals surface area (Å²) in [5, 5.41) is 14.1. The van der Waals surface area contributed by atoms with E-state index < -0.39 is 0 Å². The van der Waals surface area contributed by atoms with E-state index in [1.165, 1.54) is 51.4 Å². The number of rotatable bonds is 12. The van der Waals surface area contributed by atoms with Crippen molar-refractivity contribution < 1.29 is 9.47 Å². The molecule has 2 bridgehead atoms. The molecule has 152 valence electrons. The number of hydrogen-bond donors (Lipinski definition) is 1. The Hall–Kier alpha value is -1.95. The standard InChI is InChI=1S/C22H32N4O2/c1(2-4-9-13-22-23-25-26-24-22)3-8-12-18-19(21-15-14-20(18)28-21)16-27-17-10-6-5-7-11-17/h5-7,10-11,18-21H,1-4,8-9,12-16H2,(H,23,24,25,26)/t18-,19+,20-,21+/m1/s1. The van der Waals surface area contributed by atoms with Crippen LogP contribution >= 0.6 is 0 Å². The predicted octanol–water partition coefficient (Wildman–Crippen LogP) is 4.35. The molecule has 0 saturated carbocycles. The normalized spacial score (nSPS) is 26.0. The van der Waals surface area contributed by atoms with Gasteiger partial charge in [-0.25, -0.2) is 0 Å². The molecule has 1 aromatic carbocycles.